The first kappa shape index (κ1) is 10.5. The summed E-state index contributed by atoms with van der Waals surface area (Å²) >= 11 is 0. The summed E-state index contributed by atoms with van der Waals surface area (Å²) in [6.45, 7) is 1.45. The third kappa shape index (κ3) is 3.70. The predicted octanol–water partition coefficient (Wildman–Crippen LogP) is 0.530. The van der Waals surface area contributed by atoms with Crippen molar-refractivity contribution >= 4 is 5.97 Å². The number of aliphatic hydroxyl groups excluding tert-OH is 1. The van der Waals surface area contributed by atoms with Gasteiger partial charge in [-0.05, 0) is 13.0 Å². The molecule has 49 valence electrons. The minimum atomic E-state index is -1.29. The second-order valence-electron chi connectivity index (χ2n) is 0.979. The number of hydrogen-bond acceptors (Lipinski definition) is 2. The maximum atomic E-state index is 9.61. The molecule has 0 bridgehead atoms. The van der Waals surface area contributed by atoms with E-state index in [2.05, 4.69) is 0 Å². The molecule has 0 atom stereocenters. The number of hydrogen-bond donors (Lipinski definition) is 2. The van der Waals surface area contributed by atoms with E-state index < -0.39 is 11.7 Å². The minimum Gasteiger partial charge on any atom is -0.502 e. The quantitative estimate of drug-likeness (QED) is 0.435. The Labute approximate surface area is 57.2 Å². The third-order valence-corrected chi connectivity index (χ3v) is 0.493. The van der Waals surface area contributed by atoms with Crippen LogP contribution in [0.3, 0.4) is 0 Å². The number of allylic oxidation sites excluding steroid dienone is 1. The fraction of sp³-hybridized carbons (Fsp3) is 0.250. The summed E-state index contributed by atoms with van der Waals surface area (Å²) in [4.78, 5) is 9.61. The molecule has 0 unspecified atom stereocenters. The number of aliphatic carboxylic acids is 1. The van der Waals surface area contributed by atoms with Crippen LogP contribution in [0.25, 0.3) is 0 Å². The molecule has 0 saturated carbocycles. The molecule has 8 heavy (non-hydrogen) atoms. The van der Waals surface area contributed by atoms with E-state index >= 15 is 0 Å². The second kappa shape index (κ2) is 4.67. The van der Waals surface area contributed by atoms with Crippen molar-refractivity contribution in [2.75, 3.05) is 0 Å². The molecule has 0 saturated heterocycles. The summed E-state index contributed by atoms with van der Waals surface area (Å²) in [5.74, 6) is -1.90. The number of carboxylic acids is 1. The summed E-state index contributed by atoms with van der Waals surface area (Å²) in [7, 11) is 0. The Kier molecular flexibility index (Phi) is 6.12. The number of carbonyl (C=O) groups is 1. The van der Waals surface area contributed by atoms with Crippen molar-refractivity contribution in [2.24, 2.45) is 0 Å². The van der Waals surface area contributed by atoms with E-state index in [0.717, 1.165) is 6.08 Å². The van der Waals surface area contributed by atoms with Crippen LogP contribution in [0.5, 0.6) is 0 Å². The molecule has 0 spiro atoms. The molecule has 0 amide bonds. The average Bonchev–Trinajstić information content (AvgIpc) is 1.65. The van der Waals surface area contributed by atoms with Gasteiger partial charge in [0.15, 0.2) is 5.76 Å². The van der Waals surface area contributed by atoms with Crippen molar-refractivity contribution in [1.29, 1.82) is 0 Å². The number of aliphatic hydroxyl groups is 1. The molecule has 0 aliphatic heterocycles. The van der Waals surface area contributed by atoms with Crippen LogP contribution in [0.1, 0.15) is 6.92 Å². The van der Waals surface area contributed by atoms with E-state index in [4.69, 9.17) is 10.2 Å². The van der Waals surface area contributed by atoms with Gasteiger partial charge in [0.1, 0.15) is 0 Å². The summed E-state index contributed by atoms with van der Waals surface area (Å²) in [5.41, 5.74) is 0. The Balaban J connectivity index is 0. The Hall–Kier alpha value is -0.484. The fourth-order valence-electron chi connectivity index (χ4n) is 0.123. The molecule has 0 aliphatic rings. The maximum absolute atomic E-state index is 9.61. The summed E-state index contributed by atoms with van der Waals surface area (Å²) in [6, 6.07) is 0. The smallest absolute Gasteiger partial charge is 0.370 e. The van der Waals surface area contributed by atoms with Gasteiger partial charge in [-0.25, -0.2) is 4.79 Å². The first-order chi connectivity index (χ1) is 3.18. The molecular weight excluding hydrogens is 155 g/mol. The molecule has 0 aromatic carbocycles. The van der Waals surface area contributed by atoms with Gasteiger partial charge in [0, 0.05) is 16.8 Å². The van der Waals surface area contributed by atoms with E-state index in [0.29, 0.717) is 0 Å². The molecule has 1 radical (unpaired) electrons. The van der Waals surface area contributed by atoms with Crippen LogP contribution in [0.4, 0.5) is 0 Å². The maximum Gasteiger partial charge on any atom is 0.370 e. The van der Waals surface area contributed by atoms with Crippen LogP contribution in [0.2, 0.25) is 0 Å². The van der Waals surface area contributed by atoms with Gasteiger partial charge in [-0.3, -0.25) is 0 Å². The van der Waals surface area contributed by atoms with E-state index in [-0.39, 0.29) is 16.8 Å². The van der Waals surface area contributed by atoms with E-state index in [9.17, 15) is 4.79 Å². The first-order valence-corrected chi connectivity index (χ1v) is 1.77. The van der Waals surface area contributed by atoms with Crippen molar-refractivity contribution < 1.29 is 31.8 Å². The van der Waals surface area contributed by atoms with Gasteiger partial charge in [-0.1, -0.05) is 0 Å². The zero-order chi connectivity index (χ0) is 5.86. The van der Waals surface area contributed by atoms with Gasteiger partial charge >= 0.3 is 5.97 Å². The van der Waals surface area contributed by atoms with Crippen LogP contribution < -0.4 is 0 Å². The van der Waals surface area contributed by atoms with Crippen molar-refractivity contribution in [3.8, 4) is 0 Å². The zero-order valence-electron chi connectivity index (χ0n) is 4.21. The van der Waals surface area contributed by atoms with Crippen LogP contribution in [-0.2, 0) is 21.6 Å². The summed E-state index contributed by atoms with van der Waals surface area (Å²) in [5, 5.41) is 16.1. The van der Waals surface area contributed by atoms with Gasteiger partial charge < -0.3 is 10.2 Å². The first-order valence-electron chi connectivity index (χ1n) is 1.77. The molecule has 3 nitrogen and oxygen atoms in total. The van der Waals surface area contributed by atoms with E-state index in [1.165, 1.54) is 6.92 Å². The molecule has 0 aromatic heterocycles. The SMILES string of the molecule is CC=C(O)C(=O)O.[Co]. The molecule has 0 heterocycles. The van der Waals surface area contributed by atoms with Gasteiger partial charge in [-0.2, -0.15) is 0 Å². The van der Waals surface area contributed by atoms with E-state index in [1.54, 1.807) is 0 Å². The van der Waals surface area contributed by atoms with Crippen LogP contribution in [0.15, 0.2) is 11.8 Å². The third-order valence-electron chi connectivity index (χ3n) is 0.493. The van der Waals surface area contributed by atoms with Crippen molar-refractivity contribution in [2.45, 2.75) is 6.92 Å². The standard InChI is InChI=1S/C4H6O3.Co/c1-2-3(5)4(6)7;/h2,5H,1H3,(H,6,7);. The normalized spacial score (nSPS) is 9.88. The van der Waals surface area contributed by atoms with Crippen molar-refractivity contribution in [1.82, 2.24) is 0 Å². The molecule has 0 aromatic rings. The number of rotatable bonds is 1. The van der Waals surface area contributed by atoms with Crippen LogP contribution >= 0.6 is 0 Å². The molecule has 2 N–H and O–H groups in total. The molecule has 0 aliphatic carbocycles. The predicted molar refractivity (Wildman–Crippen MR) is 24.0 cm³/mol. The Morgan fingerprint density at radius 2 is 1.88 bits per heavy atom. The van der Waals surface area contributed by atoms with Crippen molar-refractivity contribution in [3.63, 3.8) is 0 Å². The van der Waals surface area contributed by atoms with Gasteiger partial charge in [0.05, 0.1) is 0 Å². The molecule has 4 heteroatoms. The number of carboxylic acid groups (broad SMARTS) is 1. The second-order valence-corrected chi connectivity index (χ2v) is 0.979. The fourth-order valence-corrected chi connectivity index (χ4v) is 0.123. The molecule has 0 fully saturated rings. The van der Waals surface area contributed by atoms with Gasteiger partial charge in [0.2, 0.25) is 0 Å². The Morgan fingerprint density at radius 1 is 1.50 bits per heavy atom. The van der Waals surface area contributed by atoms with Crippen molar-refractivity contribution in [3.05, 3.63) is 11.8 Å². The van der Waals surface area contributed by atoms with E-state index in [1.807, 2.05) is 0 Å². The van der Waals surface area contributed by atoms with Crippen LogP contribution in [0, 0.1) is 0 Å². The van der Waals surface area contributed by atoms with Gasteiger partial charge in [-0.15, -0.1) is 0 Å². The Morgan fingerprint density at radius 3 is 1.88 bits per heavy atom. The largest absolute Gasteiger partial charge is 0.502 e. The minimum absolute atomic E-state index is 0. The monoisotopic (exact) mass is 161 g/mol. The summed E-state index contributed by atoms with van der Waals surface area (Å²) < 4.78 is 0. The topological polar surface area (TPSA) is 57.5 Å². The summed E-state index contributed by atoms with van der Waals surface area (Å²) in [6.07, 6.45) is 1.11. The average molecular weight is 161 g/mol. The Bertz CT molecular complexity index is 108. The zero-order valence-corrected chi connectivity index (χ0v) is 5.25. The molecular formula is C4H6CoO3. The van der Waals surface area contributed by atoms with Gasteiger partial charge in [0.25, 0.3) is 0 Å². The van der Waals surface area contributed by atoms with Crippen LogP contribution in [-0.4, -0.2) is 16.2 Å². The molecule has 0 rings (SSSR count).